The van der Waals surface area contributed by atoms with Crippen LogP contribution in [-0.2, 0) is 147 Å². The molecule has 30 valence electrons. The van der Waals surface area contributed by atoms with Gasteiger partial charge in [-0.15, -0.1) is 0 Å². The van der Waals surface area contributed by atoms with E-state index in [1.54, 1.807) is 0 Å². The Labute approximate surface area is 143 Å². The number of hydrogen-bond donors (Lipinski definition) is 0. The van der Waals surface area contributed by atoms with Gasteiger partial charge in [-0.25, -0.2) is 0 Å². The van der Waals surface area contributed by atoms with Crippen LogP contribution in [0.2, 0.25) is 0 Å². The minimum absolute atomic E-state index is 0. The molecule has 0 atom stereocenters. The van der Waals surface area contributed by atoms with E-state index in [4.69, 9.17) is 0 Å². The maximum Gasteiger partial charge on any atom is 3.00 e. The van der Waals surface area contributed by atoms with Crippen molar-refractivity contribution in [3.8, 4) is 0 Å². The van der Waals surface area contributed by atoms with Crippen LogP contribution in [0, 0.1) is 0 Å². The summed E-state index contributed by atoms with van der Waals surface area (Å²) < 4.78 is 0. The summed E-state index contributed by atoms with van der Waals surface area (Å²) in [6.07, 6.45) is 0. The predicted octanol–water partition coefficient (Wildman–Crippen LogP) is -0.366. The molecule has 2 radical (unpaired) electrons. The van der Waals surface area contributed by atoms with Gasteiger partial charge >= 0.3 is 65.4 Å². The van der Waals surface area contributed by atoms with Crippen LogP contribution >= 0.6 is 0 Å². The Bertz CT molecular complexity index is 6.90. The quantitative estimate of drug-likeness (QED) is 0.529. The molecule has 0 aliphatic heterocycles. The first-order valence-corrected chi connectivity index (χ1v) is 0. The summed E-state index contributed by atoms with van der Waals surface area (Å²) in [6.45, 7) is 0. The van der Waals surface area contributed by atoms with Crippen molar-refractivity contribution in [1.29, 1.82) is 0 Å². The van der Waals surface area contributed by atoms with Crippen molar-refractivity contribution in [3.63, 3.8) is 0 Å². The largest absolute Gasteiger partial charge is 3.00 e. The Morgan fingerprint density at radius 3 is 0.429 bits per heavy atom. The van der Waals surface area contributed by atoms with Gasteiger partial charge in [-0.1, -0.05) is 0 Å². The monoisotopic (exact) mass is 404 g/mol. The van der Waals surface area contributed by atoms with Gasteiger partial charge < -0.3 is 16.4 Å². The van der Waals surface area contributed by atoms with Gasteiger partial charge in [0.2, 0.25) is 0 Å². The summed E-state index contributed by atoms with van der Waals surface area (Å²) >= 11 is 0. The van der Waals surface area contributed by atoms with Crippen molar-refractivity contribution in [2.45, 2.75) is 0 Å². The third-order valence-corrected chi connectivity index (χ3v) is 0. The smallest absolute Gasteiger partial charge is 2.00 e. The van der Waals surface area contributed by atoms with Gasteiger partial charge in [0.25, 0.3) is 0 Å². The third-order valence-electron chi connectivity index (χ3n) is 0. The molecular formula is O3Y4. The van der Waals surface area contributed by atoms with E-state index in [1.165, 1.54) is 0 Å². The Balaban J connectivity index is 0. The van der Waals surface area contributed by atoms with Gasteiger partial charge in [-0.2, -0.15) is 0 Å². The van der Waals surface area contributed by atoms with E-state index < -0.39 is 0 Å². The molecule has 3 nitrogen and oxygen atoms in total. The molecule has 0 N–H and O–H groups in total. The summed E-state index contributed by atoms with van der Waals surface area (Å²) in [5, 5.41) is 0. The van der Waals surface area contributed by atoms with Gasteiger partial charge in [0, 0.05) is 65.4 Å². The second kappa shape index (κ2) is 48.2. The van der Waals surface area contributed by atoms with Crippen molar-refractivity contribution in [2.75, 3.05) is 0 Å². The van der Waals surface area contributed by atoms with E-state index in [1.807, 2.05) is 0 Å². The molecule has 0 aromatic heterocycles. The number of rotatable bonds is 0. The summed E-state index contributed by atoms with van der Waals surface area (Å²) in [5.41, 5.74) is 0. The maximum atomic E-state index is 0. The first kappa shape index (κ1) is 64.9. The fraction of sp³-hybridized carbons (Fsp3) is 0. The van der Waals surface area contributed by atoms with E-state index in [0.29, 0.717) is 0 Å². The zero-order valence-electron chi connectivity index (χ0n) is 3.53. The van der Waals surface area contributed by atoms with Crippen LogP contribution in [0.25, 0.3) is 0 Å². The molecule has 0 rings (SSSR count). The van der Waals surface area contributed by atoms with E-state index in [2.05, 4.69) is 0 Å². The molecule has 0 aliphatic rings. The van der Waals surface area contributed by atoms with Crippen LogP contribution in [0.1, 0.15) is 0 Å². The van der Waals surface area contributed by atoms with Gasteiger partial charge in [-0.3, -0.25) is 0 Å². The Morgan fingerprint density at radius 1 is 0.429 bits per heavy atom. The molecule has 0 heterocycles. The zero-order valence-corrected chi connectivity index (χ0v) is 14.9. The molecule has 7 heavy (non-hydrogen) atoms. The Kier molecular flexibility index (Phi) is 447. The topological polar surface area (TPSA) is 85.5 Å². The van der Waals surface area contributed by atoms with E-state index in [0.717, 1.165) is 0 Å². The number of hydrogen-bond acceptors (Lipinski definition) is 0. The summed E-state index contributed by atoms with van der Waals surface area (Å²) in [6, 6.07) is 0. The molecule has 0 spiro atoms. The predicted molar refractivity (Wildman–Crippen MR) is 2.06 cm³/mol. The first-order valence-electron chi connectivity index (χ1n) is 0. The van der Waals surface area contributed by atoms with E-state index in [9.17, 15) is 0 Å². The average Bonchev–Trinajstić information content (AvgIpc) is 0. The molecule has 0 saturated heterocycles. The van der Waals surface area contributed by atoms with Gasteiger partial charge in [0.15, 0.2) is 0 Å². The van der Waals surface area contributed by atoms with Crippen molar-refractivity contribution >= 4 is 0 Å². The fourth-order valence-electron chi connectivity index (χ4n) is 0. The van der Waals surface area contributed by atoms with Crippen LogP contribution in [0.5, 0.6) is 0 Å². The van der Waals surface area contributed by atoms with Crippen LogP contribution in [-0.4, -0.2) is 0 Å². The molecule has 7 heteroatoms. The molecule has 0 amide bonds. The average molecular weight is 404 g/mol. The minimum Gasteiger partial charge on any atom is -2.00 e. The first-order chi connectivity index (χ1) is 0. The summed E-state index contributed by atoms with van der Waals surface area (Å²) in [5.74, 6) is 0. The molecule has 0 saturated carbocycles. The molecule has 0 aromatic carbocycles. The minimum atomic E-state index is 0. The van der Waals surface area contributed by atoms with Crippen LogP contribution in [0.4, 0.5) is 0 Å². The summed E-state index contributed by atoms with van der Waals surface area (Å²) in [7, 11) is 0. The molecule has 0 fully saturated rings. The molecular weight excluding hydrogens is 404 g/mol. The molecule has 0 aliphatic carbocycles. The Morgan fingerprint density at radius 2 is 0.429 bits per heavy atom. The van der Waals surface area contributed by atoms with E-state index in [-0.39, 0.29) is 147 Å². The van der Waals surface area contributed by atoms with Gasteiger partial charge in [0.1, 0.15) is 0 Å². The molecule has 0 bridgehead atoms. The van der Waals surface area contributed by atoms with Crippen molar-refractivity contribution in [1.82, 2.24) is 0 Å². The SMILES string of the molecule is [O-2].[O-2].[O-2].[Y+3].[Y+3].[Y].[Y]. The van der Waals surface area contributed by atoms with Crippen LogP contribution < -0.4 is 0 Å². The molecule has 0 aromatic rings. The van der Waals surface area contributed by atoms with Crippen molar-refractivity contribution in [3.05, 3.63) is 0 Å². The fourth-order valence-corrected chi connectivity index (χ4v) is 0. The van der Waals surface area contributed by atoms with Crippen molar-refractivity contribution < 1.29 is 147 Å². The normalized spacial score (nSPS) is 0. The summed E-state index contributed by atoms with van der Waals surface area (Å²) in [4.78, 5) is 0. The zero-order chi connectivity index (χ0) is 0. The third kappa shape index (κ3) is 38.4. The maximum absolute atomic E-state index is 0. The van der Waals surface area contributed by atoms with Crippen LogP contribution in [0.15, 0.2) is 0 Å². The van der Waals surface area contributed by atoms with Crippen LogP contribution in [0.3, 0.4) is 0 Å². The second-order valence-electron chi connectivity index (χ2n) is 0. The molecule has 0 unspecified atom stereocenters. The standard InChI is InChI=1S/3O.4Y/q3*-2;;;2*+3. The Hall–Kier alpha value is 4.30. The second-order valence-corrected chi connectivity index (χ2v) is 0. The van der Waals surface area contributed by atoms with Crippen molar-refractivity contribution in [2.24, 2.45) is 0 Å². The van der Waals surface area contributed by atoms with Gasteiger partial charge in [-0.05, 0) is 0 Å². The van der Waals surface area contributed by atoms with Gasteiger partial charge in [0.05, 0.1) is 0 Å². The van der Waals surface area contributed by atoms with E-state index >= 15 is 0 Å².